The lowest BCUT2D eigenvalue weighted by Gasteiger charge is -2.37. The number of halogens is 2. The zero-order valence-corrected chi connectivity index (χ0v) is 12.8. The molecule has 2 saturated heterocycles. The van der Waals surface area contributed by atoms with Gasteiger partial charge in [-0.1, -0.05) is 0 Å². The number of carbonyl (C=O) groups excluding carboxylic acids is 1. The normalized spacial score (nSPS) is 35.3. The van der Waals surface area contributed by atoms with E-state index in [4.69, 9.17) is 5.73 Å². The maximum Gasteiger partial charge on any atom is 0.220 e. The van der Waals surface area contributed by atoms with Gasteiger partial charge >= 0.3 is 0 Å². The number of hydrogen-bond acceptors (Lipinski definition) is 3. The highest BCUT2D eigenvalue weighted by Gasteiger charge is 2.42. The van der Waals surface area contributed by atoms with E-state index < -0.39 is 0 Å². The summed E-state index contributed by atoms with van der Waals surface area (Å²) in [6.07, 6.45) is 4.68. The second-order valence-electron chi connectivity index (χ2n) is 5.94. The monoisotopic (exact) mass is 309 g/mol. The Morgan fingerprint density at radius 1 is 1.05 bits per heavy atom. The van der Waals surface area contributed by atoms with E-state index in [0.717, 1.165) is 43.8 Å². The predicted molar refractivity (Wildman–Crippen MR) is 80.9 cm³/mol. The molecule has 0 aromatic carbocycles. The van der Waals surface area contributed by atoms with Crippen LogP contribution in [0.25, 0.3) is 0 Å². The number of likely N-dealkylation sites (tertiary alicyclic amines) is 1. The van der Waals surface area contributed by atoms with E-state index >= 15 is 0 Å². The molecule has 0 bridgehead atoms. The Morgan fingerprint density at radius 3 is 2.37 bits per heavy atom. The molecule has 3 aliphatic rings. The maximum atomic E-state index is 11.2. The van der Waals surface area contributed by atoms with E-state index in [1.807, 2.05) is 0 Å². The Hall–Kier alpha value is -0.0300. The van der Waals surface area contributed by atoms with Crippen LogP contribution in [0.3, 0.4) is 0 Å². The molecule has 1 aliphatic carbocycles. The summed E-state index contributed by atoms with van der Waals surface area (Å²) in [6, 6.07) is 0.767. The molecule has 3 unspecified atom stereocenters. The van der Waals surface area contributed by atoms with Crippen molar-refractivity contribution < 1.29 is 4.79 Å². The molecule has 112 valence electrons. The average molecular weight is 310 g/mol. The van der Waals surface area contributed by atoms with Gasteiger partial charge in [0.15, 0.2) is 0 Å². The zero-order valence-electron chi connectivity index (χ0n) is 11.2. The predicted octanol–water partition coefficient (Wildman–Crippen LogP) is 1.03. The second kappa shape index (κ2) is 7.11. The third-order valence-corrected chi connectivity index (χ3v) is 5.12. The summed E-state index contributed by atoms with van der Waals surface area (Å²) in [6.45, 7) is 4.56. The minimum Gasteiger partial charge on any atom is -0.369 e. The average Bonchev–Trinajstić information content (AvgIpc) is 2.90. The van der Waals surface area contributed by atoms with Gasteiger partial charge in [0.25, 0.3) is 0 Å². The van der Waals surface area contributed by atoms with Crippen LogP contribution >= 0.6 is 24.8 Å². The number of nitrogens with one attached hydrogen (secondary N) is 1. The molecule has 0 aromatic heterocycles. The maximum absolute atomic E-state index is 11.2. The number of amides is 1. The molecule has 2 aliphatic heterocycles. The van der Waals surface area contributed by atoms with Crippen LogP contribution in [0.4, 0.5) is 0 Å². The van der Waals surface area contributed by atoms with Crippen molar-refractivity contribution in [3.63, 3.8) is 0 Å². The lowest BCUT2D eigenvalue weighted by molar-refractivity contribution is -0.123. The van der Waals surface area contributed by atoms with Crippen LogP contribution in [0.1, 0.15) is 25.7 Å². The lowest BCUT2D eigenvalue weighted by atomic mass is 9.91. The van der Waals surface area contributed by atoms with E-state index in [-0.39, 0.29) is 36.6 Å². The first-order chi connectivity index (χ1) is 8.25. The van der Waals surface area contributed by atoms with Gasteiger partial charge in [-0.25, -0.2) is 0 Å². The number of fused-ring (bicyclic) bond motifs is 1. The van der Waals surface area contributed by atoms with E-state index in [1.165, 1.54) is 25.9 Å². The molecule has 3 N–H and O–H groups in total. The number of piperidine rings is 1. The van der Waals surface area contributed by atoms with Gasteiger partial charge in [-0.15, -0.1) is 24.8 Å². The van der Waals surface area contributed by atoms with Crippen molar-refractivity contribution >= 4 is 30.7 Å². The molecule has 4 nitrogen and oxygen atoms in total. The summed E-state index contributed by atoms with van der Waals surface area (Å²) in [4.78, 5) is 13.8. The third-order valence-electron chi connectivity index (χ3n) is 5.12. The number of hydrogen-bond donors (Lipinski definition) is 2. The molecular formula is C13H25Cl2N3O. The molecule has 3 fully saturated rings. The van der Waals surface area contributed by atoms with Crippen LogP contribution in [0.2, 0.25) is 0 Å². The quantitative estimate of drug-likeness (QED) is 0.801. The van der Waals surface area contributed by atoms with Crippen molar-refractivity contribution in [2.75, 3.05) is 26.2 Å². The standard InChI is InChI=1S/C13H23N3O.2ClH/c14-13(17)9-3-5-16(6-4-9)12-2-1-10-7-15-8-11(10)12;;/h9-12,15H,1-8H2,(H2,14,17);2*1H. The third kappa shape index (κ3) is 3.35. The summed E-state index contributed by atoms with van der Waals surface area (Å²) >= 11 is 0. The van der Waals surface area contributed by atoms with E-state index in [1.54, 1.807) is 0 Å². The van der Waals surface area contributed by atoms with Gasteiger partial charge in [-0.05, 0) is 63.7 Å². The number of primary amides is 1. The SMILES string of the molecule is Cl.Cl.NC(=O)C1CCN(C2CCC3CNCC32)CC1. The largest absolute Gasteiger partial charge is 0.369 e. The van der Waals surface area contributed by atoms with Crippen molar-refractivity contribution in [3.05, 3.63) is 0 Å². The van der Waals surface area contributed by atoms with Crippen molar-refractivity contribution in [3.8, 4) is 0 Å². The van der Waals surface area contributed by atoms with Gasteiger partial charge < -0.3 is 16.0 Å². The number of rotatable bonds is 2. The Balaban J connectivity index is 0.000000902. The summed E-state index contributed by atoms with van der Waals surface area (Å²) in [7, 11) is 0. The molecule has 0 radical (unpaired) electrons. The Morgan fingerprint density at radius 2 is 1.74 bits per heavy atom. The zero-order chi connectivity index (χ0) is 11.8. The lowest BCUT2D eigenvalue weighted by Crippen LogP contribution is -2.46. The van der Waals surface area contributed by atoms with Gasteiger partial charge in [-0.3, -0.25) is 4.79 Å². The van der Waals surface area contributed by atoms with Crippen LogP contribution in [-0.2, 0) is 4.79 Å². The highest BCUT2D eigenvalue weighted by atomic mass is 35.5. The van der Waals surface area contributed by atoms with Gasteiger partial charge in [0.2, 0.25) is 5.91 Å². The molecule has 1 amide bonds. The molecule has 19 heavy (non-hydrogen) atoms. The molecule has 3 rings (SSSR count). The summed E-state index contributed by atoms with van der Waals surface area (Å²) < 4.78 is 0. The molecular weight excluding hydrogens is 285 g/mol. The fourth-order valence-corrected chi connectivity index (χ4v) is 4.09. The molecule has 1 saturated carbocycles. The van der Waals surface area contributed by atoms with Crippen LogP contribution in [0.15, 0.2) is 0 Å². The van der Waals surface area contributed by atoms with Crippen LogP contribution in [0.5, 0.6) is 0 Å². The van der Waals surface area contributed by atoms with Crippen molar-refractivity contribution in [2.45, 2.75) is 31.7 Å². The summed E-state index contributed by atoms with van der Waals surface area (Å²) in [5.74, 6) is 1.80. The smallest absolute Gasteiger partial charge is 0.220 e. The molecule has 6 heteroatoms. The van der Waals surface area contributed by atoms with Crippen LogP contribution < -0.4 is 11.1 Å². The van der Waals surface area contributed by atoms with Crippen LogP contribution in [0, 0.1) is 17.8 Å². The first kappa shape index (κ1) is 17.0. The highest BCUT2D eigenvalue weighted by Crippen LogP contribution is 2.38. The summed E-state index contributed by atoms with van der Waals surface area (Å²) in [5, 5.41) is 3.52. The first-order valence-corrected chi connectivity index (χ1v) is 7.00. The van der Waals surface area contributed by atoms with E-state index in [2.05, 4.69) is 10.2 Å². The fraction of sp³-hybridized carbons (Fsp3) is 0.923. The number of nitrogens with two attached hydrogens (primary N) is 1. The molecule has 0 spiro atoms. The Labute approximate surface area is 127 Å². The van der Waals surface area contributed by atoms with Crippen molar-refractivity contribution in [1.82, 2.24) is 10.2 Å². The van der Waals surface area contributed by atoms with Gasteiger partial charge in [0.05, 0.1) is 0 Å². The topological polar surface area (TPSA) is 58.4 Å². The minimum atomic E-state index is -0.100. The van der Waals surface area contributed by atoms with Crippen LogP contribution in [-0.4, -0.2) is 43.0 Å². The van der Waals surface area contributed by atoms with Gasteiger partial charge in [-0.2, -0.15) is 0 Å². The number of nitrogens with zero attached hydrogens (tertiary/aromatic N) is 1. The van der Waals surface area contributed by atoms with Crippen molar-refractivity contribution in [2.24, 2.45) is 23.5 Å². The Bertz CT molecular complexity index is 308. The first-order valence-electron chi connectivity index (χ1n) is 7.00. The molecule has 0 aromatic rings. The highest BCUT2D eigenvalue weighted by molar-refractivity contribution is 5.85. The van der Waals surface area contributed by atoms with Gasteiger partial charge in [0.1, 0.15) is 0 Å². The van der Waals surface area contributed by atoms with Crippen molar-refractivity contribution in [1.29, 1.82) is 0 Å². The minimum absolute atomic E-state index is 0. The fourth-order valence-electron chi connectivity index (χ4n) is 4.09. The molecule has 3 atom stereocenters. The van der Waals surface area contributed by atoms with E-state index in [0.29, 0.717) is 0 Å². The molecule has 2 heterocycles. The van der Waals surface area contributed by atoms with E-state index in [9.17, 15) is 4.79 Å². The summed E-state index contributed by atoms with van der Waals surface area (Å²) in [5.41, 5.74) is 5.38. The Kier molecular flexibility index (Phi) is 6.37. The van der Waals surface area contributed by atoms with Gasteiger partial charge in [0, 0.05) is 12.0 Å². The number of carbonyl (C=O) groups is 1. The second-order valence-corrected chi connectivity index (χ2v) is 5.94.